The maximum atomic E-state index is 12.5. The second-order valence-electron chi connectivity index (χ2n) is 6.55. The van der Waals surface area contributed by atoms with Crippen LogP contribution >= 0.6 is 11.6 Å². The number of hydrogen-bond donors (Lipinski definition) is 1. The number of Topliss-reactive ketones (excluding diaryl/α,β-unsaturated/α-hetero) is 1. The molecule has 4 heteroatoms. The Labute approximate surface area is 137 Å². The molecule has 1 N–H and O–H groups in total. The number of halogens is 1. The Morgan fingerprint density at radius 1 is 1.23 bits per heavy atom. The molecular weight excluding hydrogens is 296 g/mol. The van der Waals surface area contributed by atoms with E-state index in [0.717, 1.165) is 22.6 Å². The molecule has 0 spiro atoms. The van der Waals surface area contributed by atoms with E-state index in [0.29, 0.717) is 5.02 Å². The summed E-state index contributed by atoms with van der Waals surface area (Å²) >= 11 is 6.10. The lowest BCUT2D eigenvalue weighted by Gasteiger charge is -2.25. The first-order valence-corrected chi connectivity index (χ1v) is 7.80. The summed E-state index contributed by atoms with van der Waals surface area (Å²) in [5, 5.41) is 3.74. The van der Waals surface area contributed by atoms with E-state index in [-0.39, 0.29) is 17.9 Å². The lowest BCUT2D eigenvalue weighted by atomic mass is 10.1. The van der Waals surface area contributed by atoms with Gasteiger partial charge in [0.05, 0.1) is 17.3 Å². The minimum atomic E-state index is -0.0388. The normalized spacial score (nSPS) is 11.5. The number of benzene rings is 1. The summed E-state index contributed by atoms with van der Waals surface area (Å²) in [5.74, 6) is 0.0727. The van der Waals surface area contributed by atoms with Gasteiger partial charge in [-0.2, -0.15) is 0 Å². The molecule has 2 aromatic rings. The number of rotatable bonds is 4. The van der Waals surface area contributed by atoms with Gasteiger partial charge in [-0.25, -0.2) is 0 Å². The van der Waals surface area contributed by atoms with Gasteiger partial charge in [-0.15, -0.1) is 0 Å². The maximum absolute atomic E-state index is 12.5. The number of ketones is 1. The Kier molecular flexibility index (Phi) is 4.66. The summed E-state index contributed by atoms with van der Waals surface area (Å²) in [6, 6.07) is 9.40. The second kappa shape index (κ2) is 6.17. The van der Waals surface area contributed by atoms with Crippen molar-refractivity contribution < 1.29 is 4.79 Å². The standard InChI is InChI=1S/C18H23ClN2O/c1-12-10-14(13(2)21(12)18(3,4)5)17(22)11-20-16-9-7-6-8-15(16)19/h6-10,20H,11H2,1-5H3. The first-order valence-electron chi connectivity index (χ1n) is 7.43. The first kappa shape index (κ1) is 16.6. The van der Waals surface area contributed by atoms with E-state index in [1.165, 1.54) is 0 Å². The van der Waals surface area contributed by atoms with Crippen molar-refractivity contribution in [3.8, 4) is 0 Å². The molecule has 1 heterocycles. The quantitative estimate of drug-likeness (QED) is 0.821. The van der Waals surface area contributed by atoms with Gasteiger partial charge in [-0.05, 0) is 52.8 Å². The number of para-hydroxylation sites is 1. The number of nitrogens with one attached hydrogen (secondary N) is 1. The van der Waals surface area contributed by atoms with E-state index in [2.05, 4.69) is 30.7 Å². The van der Waals surface area contributed by atoms with Gasteiger partial charge in [-0.3, -0.25) is 4.79 Å². The van der Waals surface area contributed by atoms with Crippen LogP contribution in [-0.4, -0.2) is 16.9 Å². The van der Waals surface area contributed by atoms with Crippen molar-refractivity contribution in [2.45, 2.75) is 40.2 Å². The van der Waals surface area contributed by atoms with Crippen LogP contribution in [-0.2, 0) is 5.54 Å². The van der Waals surface area contributed by atoms with Crippen molar-refractivity contribution in [1.82, 2.24) is 4.57 Å². The predicted octanol–water partition coefficient (Wildman–Crippen LogP) is 4.81. The molecule has 22 heavy (non-hydrogen) atoms. The van der Waals surface area contributed by atoms with Gasteiger partial charge < -0.3 is 9.88 Å². The van der Waals surface area contributed by atoms with E-state index in [1.807, 2.05) is 38.1 Å². The molecule has 0 saturated heterocycles. The number of hydrogen-bond acceptors (Lipinski definition) is 2. The lowest BCUT2D eigenvalue weighted by molar-refractivity contribution is 0.101. The summed E-state index contributed by atoms with van der Waals surface area (Å²) in [6.45, 7) is 10.7. The fourth-order valence-electron chi connectivity index (χ4n) is 2.95. The fourth-order valence-corrected chi connectivity index (χ4v) is 3.16. The van der Waals surface area contributed by atoms with Gasteiger partial charge in [0.25, 0.3) is 0 Å². The Morgan fingerprint density at radius 2 is 1.86 bits per heavy atom. The molecule has 1 aromatic heterocycles. The largest absolute Gasteiger partial charge is 0.376 e. The molecular formula is C18H23ClN2O. The minimum absolute atomic E-state index is 0.0388. The number of aryl methyl sites for hydroxylation is 1. The summed E-state index contributed by atoms with van der Waals surface area (Å²) in [7, 11) is 0. The molecule has 0 aliphatic carbocycles. The van der Waals surface area contributed by atoms with Crippen molar-refractivity contribution in [3.63, 3.8) is 0 Å². The molecule has 0 atom stereocenters. The van der Waals surface area contributed by atoms with Crippen LogP contribution in [0, 0.1) is 13.8 Å². The summed E-state index contributed by atoms with van der Waals surface area (Å²) in [4.78, 5) is 12.5. The third-order valence-electron chi connectivity index (χ3n) is 3.72. The van der Waals surface area contributed by atoms with Crippen molar-refractivity contribution in [1.29, 1.82) is 0 Å². The molecule has 0 unspecified atom stereocenters. The Bertz CT molecular complexity index is 696. The van der Waals surface area contributed by atoms with Gasteiger partial charge in [0.1, 0.15) is 0 Å². The minimum Gasteiger partial charge on any atom is -0.376 e. The summed E-state index contributed by atoms with van der Waals surface area (Å²) < 4.78 is 2.20. The number of carbonyl (C=O) groups excluding carboxylic acids is 1. The van der Waals surface area contributed by atoms with Crippen molar-refractivity contribution in [2.75, 3.05) is 11.9 Å². The Morgan fingerprint density at radius 3 is 2.41 bits per heavy atom. The highest BCUT2D eigenvalue weighted by Gasteiger charge is 2.22. The van der Waals surface area contributed by atoms with Gasteiger partial charge in [0, 0.05) is 22.5 Å². The van der Waals surface area contributed by atoms with E-state index >= 15 is 0 Å². The van der Waals surface area contributed by atoms with Crippen LogP contribution in [0.2, 0.25) is 5.02 Å². The van der Waals surface area contributed by atoms with Crippen LogP contribution in [0.15, 0.2) is 30.3 Å². The molecule has 2 rings (SSSR count). The number of nitrogens with zero attached hydrogens (tertiary/aromatic N) is 1. The van der Waals surface area contributed by atoms with Crippen LogP contribution in [0.4, 0.5) is 5.69 Å². The number of aromatic nitrogens is 1. The van der Waals surface area contributed by atoms with E-state index in [9.17, 15) is 4.79 Å². The molecule has 0 radical (unpaired) electrons. The van der Waals surface area contributed by atoms with Gasteiger partial charge in [0.2, 0.25) is 0 Å². The molecule has 0 aliphatic heterocycles. The summed E-state index contributed by atoms with van der Waals surface area (Å²) in [5.41, 5.74) is 3.62. The molecule has 0 fully saturated rings. The van der Waals surface area contributed by atoms with Crippen LogP contribution in [0.25, 0.3) is 0 Å². The second-order valence-corrected chi connectivity index (χ2v) is 6.95. The number of anilines is 1. The summed E-state index contributed by atoms with van der Waals surface area (Å²) in [6.07, 6.45) is 0. The fraction of sp³-hybridized carbons (Fsp3) is 0.389. The van der Waals surface area contributed by atoms with E-state index in [1.54, 1.807) is 6.07 Å². The van der Waals surface area contributed by atoms with Crippen LogP contribution in [0.5, 0.6) is 0 Å². The van der Waals surface area contributed by atoms with E-state index < -0.39 is 0 Å². The van der Waals surface area contributed by atoms with Crippen molar-refractivity contribution in [3.05, 3.63) is 52.3 Å². The zero-order valence-corrected chi connectivity index (χ0v) is 14.6. The first-order chi connectivity index (χ1) is 10.2. The molecule has 0 aliphatic rings. The monoisotopic (exact) mass is 318 g/mol. The Hall–Kier alpha value is -1.74. The highest BCUT2D eigenvalue weighted by molar-refractivity contribution is 6.33. The van der Waals surface area contributed by atoms with Crippen LogP contribution in [0.3, 0.4) is 0 Å². The average molecular weight is 319 g/mol. The maximum Gasteiger partial charge on any atom is 0.183 e. The zero-order valence-electron chi connectivity index (χ0n) is 13.8. The zero-order chi connectivity index (χ0) is 16.5. The van der Waals surface area contributed by atoms with Gasteiger partial charge >= 0.3 is 0 Å². The SMILES string of the molecule is Cc1cc(C(=O)CNc2ccccc2Cl)c(C)n1C(C)(C)C. The Balaban J connectivity index is 2.19. The van der Waals surface area contributed by atoms with Crippen LogP contribution in [0.1, 0.15) is 42.5 Å². The molecule has 1 aromatic carbocycles. The predicted molar refractivity (Wildman–Crippen MR) is 93.2 cm³/mol. The molecule has 3 nitrogen and oxygen atoms in total. The highest BCUT2D eigenvalue weighted by Crippen LogP contribution is 2.25. The molecule has 118 valence electrons. The number of carbonyl (C=O) groups is 1. The molecule has 0 bridgehead atoms. The van der Waals surface area contributed by atoms with Crippen LogP contribution < -0.4 is 5.32 Å². The third kappa shape index (κ3) is 3.36. The van der Waals surface area contributed by atoms with Gasteiger partial charge in [0.15, 0.2) is 5.78 Å². The smallest absolute Gasteiger partial charge is 0.183 e. The van der Waals surface area contributed by atoms with Crippen molar-refractivity contribution >= 4 is 23.1 Å². The molecule has 0 amide bonds. The third-order valence-corrected chi connectivity index (χ3v) is 4.05. The molecule has 0 saturated carbocycles. The lowest BCUT2D eigenvalue weighted by Crippen LogP contribution is -2.24. The van der Waals surface area contributed by atoms with E-state index in [4.69, 9.17) is 11.6 Å². The highest BCUT2D eigenvalue weighted by atomic mass is 35.5. The average Bonchev–Trinajstić information content (AvgIpc) is 2.72. The van der Waals surface area contributed by atoms with Gasteiger partial charge in [-0.1, -0.05) is 23.7 Å². The van der Waals surface area contributed by atoms with Crippen molar-refractivity contribution in [2.24, 2.45) is 0 Å². The topological polar surface area (TPSA) is 34.0 Å².